The molecule has 6 heteroatoms. The first-order valence-corrected chi connectivity index (χ1v) is 5.64. The summed E-state index contributed by atoms with van der Waals surface area (Å²) in [5.74, 6) is 1.01. The molecule has 0 saturated carbocycles. The molecule has 1 aromatic heterocycles. The van der Waals surface area contributed by atoms with Crippen LogP contribution in [0.25, 0.3) is 11.4 Å². The lowest BCUT2D eigenvalue weighted by Crippen LogP contribution is -2.28. The predicted octanol–water partition coefficient (Wildman–Crippen LogP) is 2.19. The van der Waals surface area contributed by atoms with Crippen LogP contribution in [0.1, 0.15) is 12.8 Å². The third kappa shape index (κ3) is 2.85. The molecule has 2 rings (SSSR count). The molecule has 6 nitrogen and oxygen atoms in total. The smallest absolute Gasteiger partial charge is 0.319 e. The van der Waals surface area contributed by atoms with E-state index in [1.165, 1.54) is 0 Å². The highest BCUT2D eigenvalue weighted by atomic mass is 16.5. The number of hydrogen-bond acceptors (Lipinski definition) is 4. The predicted molar refractivity (Wildman–Crippen MR) is 67.2 cm³/mol. The van der Waals surface area contributed by atoms with Crippen molar-refractivity contribution in [2.45, 2.75) is 13.8 Å². The molecule has 0 aliphatic heterocycles. The average molecular weight is 246 g/mol. The Morgan fingerprint density at radius 3 is 2.94 bits per heavy atom. The maximum absolute atomic E-state index is 11.4. The molecule has 0 spiro atoms. The molecule has 0 radical (unpaired) electrons. The van der Waals surface area contributed by atoms with E-state index in [0.717, 1.165) is 5.56 Å². The molecule has 1 heterocycles. The summed E-state index contributed by atoms with van der Waals surface area (Å²) in [6, 6.07) is 7.03. The van der Waals surface area contributed by atoms with Crippen molar-refractivity contribution in [2.75, 3.05) is 11.9 Å². The van der Waals surface area contributed by atoms with E-state index in [9.17, 15) is 4.79 Å². The van der Waals surface area contributed by atoms with Gasteiger partial charge in [-0.25, -0.2) is 4.79 Å². The van der Waals surface area contributed by atoms with Crippen molar-refractivity contribution in [2.24, 2.45) is 0 Å². The Hall–Kier alpha value is -2.37. The average Bonchev–Trinajstić information content (AvgIpc) is 2.76. The van der Waals surface area contributed by atoms with Crippen LogP contribution in [0.2, 0.25) is 0 Å². The van der Waals surface area contributed by atoms with Crippen LogP contribution in [0.4, 0.5) is 10.5 Å². The molecule has 2 N–H and O–H groups in total. The number of nitrogens with zero attached hydrogens (tertiary/aromatic N) is 2. The zero-order chi connectivity index (χ0) is 13.0. The quantitative estimate of drug-likeness (QED) is 0.869. The van der Waals surface area contributed by atoms with Crippen molar-refractivity contribution in [3.05, 3.63) is 30.2 Å². The van der Waals surface area contributed by atoms with E-state index >= 15 is 0 Å². The summed E-state index contributed by atoms with van der Waals surface area (Å²) in [6.45, 7) is 4.17. The second-order valence-electron chi connectivity index (χ2n) is 3.70. The van der Waals surface area contributed by atoms with Crippen LogP contribution in [0.5, 0.6) is 0 Å². The minimum absolute atomic E-state index is 0.237. The summed E-state index contributed by atoms with van der Waals surface area (Å²) in [5, 5.41) is 9.21. The molecule has 0 saturated heterocycles. The van der Waals surface area contributed by atoms with Crippen molar-refractivity contribution >= 4 is 11.7 Å². The molecule has 18 heavy (non-hydrogen) atoms. The fraction of sp³-hybridized carbons (Fsp3) is 0.250. The van der Waals surface area contributed by atoms with Gasteiger partial charge in [0.05, 0.1) is 0 Å². The van der Waals surface area contributed by atoms with Crippen LogP contribution in [-0.4, -0.2) is 22.7 Å². The van der Waals surface area contributed by atoms with Gasteiger partial charge in [-0.05, 0) is 19.1 Å². The van der Waals surface area contributed by atoms with Gasteiger partial charge in [0.1, 0.15) is 0 Å². The van der Waals surface area contributed by atoms with E-state index in [1.807, 2.05) is 19.1 Å². The van der Waals surface area contributed by atoms with Crippen molar-refractivity contribution < 1.29 is 9.32 Å². The Morgan fingerprint density at radius 1 is 1.44 bits per heavy atom. The molecular weight excluding hydrogens is 232 g/mol. The van der Waals surface area contributed by atoms with E-state index in [4.69, 9.17) is 4.52 Å². The SMILES string of the molecule is CCNC(=O)Nc1cccc(-c2noc(C)n2)c1. The van der Waals surface area contributed by atoms with Crippen LogP contribution in [-0.2, 0) is 0 Å². The highest BCUT2D eigenvalue weighted by Crippen LogP contribution is 2.19. The van der Waals surface area contributed by atoms with Gasteiger partial charge in [0.15, 0.2) is 0 Å². The number of aryl methyl sites for hydroxylation is 1. The molecule has 2 aromatic rings. The van der Waals surface area contributed by atoms with Crippen molar-refractivity contribution in [3.63, 3.8) is 0 Å². The fourth-order valence-corrected chi connectivity index (χ4v) is 1.49. The van der Waals surface area contributed by atoms with Gasteiger partial charge in [-0.3, -0.25) is 0 Å². The van der Waals surface area contributed by atoms with Gasteiger partial charge in [-0.2, -0.15) is 4.98 Å². The maximum atomic E-state index is 11.4. The van der Waals surface area contributed by atoms with Crippen molar-refractivity contribution in [1.29, 1.82) is 0 Å². The molecule has 2 amide bonds. The summed E-state index contributed by atoms with van der Waals surface area (Å²) in [4.78, 5) is 15.5. The minimum atomic E-state index is -0.237. The molecule has 1 aromatic carbocycles. The monoisotopic (exact) mass is 246 g/mol. The zero-order valence-corrected chi connectivity index (χ0v) is 10.2. The lowest BCUT2D eigenvalue weighted by molar-refractivity contribution is 0.252. The number of nitrogens with one attached hydrogen (secondary N) is 2. The van der Waals surface area contributed by atoms with Crippen LogP contribution in [0, 0.1) is 6.92 Å². The topological polar surface area (TPSA) is 80.0 Å². The van der Waals surface area contributed by atoms with Gasteiger partial charge in [0.2, 0.25) is 11.7 Å². The zero-order valence-electron chi connectivity index (χ0n) is 10.2. The maximum Gasteiger partial charge on any atom is 0.319 e. The second-order valence-corrected chi connectivity index (χ2v) is 3.70. The standard InChI is InChI=1S/C12H14N4O2/c1-3-13-12(17)15-10-6-4-5-9(7-10)11-14-8(2)18-16-11/h4-7H,3H2,1-2H3,(H2,13,15,17). The number of carbonyl (C=O) groups excluding carboxylic acids is 1. The third-order valence-electron chi connectivity index (χ3n) is 2.24. The molecule has 94 valence electrons. The largest absolute Gasteiger partial charge is 0.339 e. The lowest BCUT2D eigenvalue weighted by Gasteiger charge is -2.06. The molecule has 0 aliphatic rings. The van der Waals surface area contributed by atoms with Crippen molar-refractivity contribution in [1.82, 2.24) is 15.5 Å². The first-order valence-electron chi connectivity index (χ1n) is 5.64. The highest BCUT2D eigenvalue weighted by molar-refractivity contribution is 5.89. The van der Waals surface area contributed by atoms with E-state index in [-0.39, 0.29) is 6.03 Å². The normalized spacial score (nSPS) is 10.1. The second kappa shape index (κ2) is 5.31. The molecule has 0 unspecified atom stereocenters. The first kappa shape index (κ1) is 12.1. The highest BCUT2D eigenvalue weighted by Gasteiger charge is 2.07. The summed E-state index contributed by atoms with van der Waals surface area (Å²) >= 11 is 0. The van der Waals surface area contributed by atoms with Crippen LogP contribution in [0.3, 0.4) is 0 Å². The Bertz CT molecular complexity index is 551. The van der Waals surface area contributed by atoms with Crippen molar-refractivity contribution in [3.8, 4) is 11.4 Å². The minimum Gasteiger partial charge on any atom is -0.339 e. The summed E-state index contributed by atoms with van der Waals surface area (Å²) in [7, 11) is 0. The summed E-state index contributed by atoms with van der Waals surface area (Å²) in [5.41, 5.74) is 1.47. The molecule has 0 aliphatic carbocycles. The van der Waals surface area contributed by atoms with Crippen LogP contribution < -0.4 is 10.6 Å². The van der Waals surface area contributed by atoms with Gasteiger partial charge in [-0.15, -0.1) is 0 Å². The summed E-state index contributed by atoms with van der Waals surface area (Å²) in [6.07, 6.45) is 0. The van der Waals surface area contributed by atoms with E-state index in [0.29, 0.717) is 23.9 Å². The molecule has 0 fully saturated rings. The van der Waals surface area contributed by atoms with E-state index in [1.54, 1.807) is 19.1 Å². The number of urea groups is 1. The Labute approximate surface area is 104 Å². The molecular formula is C12H14N4O2. The van der Waals surface area contributed by atoms with Crippen LogP contribution in [0.15, 0.2) is 28.8 Å². The fourth-order valence-electron chi connectivity index (χ4n) is 1.49. The Morgan fingerprint density at radius 2 is 2.28 bits per heavy atom. The Kier molecular flexibility index (Phi) is 3.57. The molecule has 0 atom stereocenters. The number of carbonyl (C=O) groups is 1. The van der Waals surface area contributed by atoms with E-state index < -0.39 is 0 Å². The van der Waals surface area contributed by atoms with Gasteiger partial charge < -0.3 is 15.2 Å². The van der Waals surface area contributed by atoms with Gasteiger partial charge in [-0.1, -0.05) is 17.3 Å². The Balaban J connectivity index is 2.17. The third-order valence-corrected chi connectivity index (χ3v) is 2.24. The number of amides is 2. The summed E-state index contributed by atoms with van der Waals surface area (Å²) < 4.78 is 4.92. The number of benzene rings is 1. The van der Waals surface area contributed by atoms with Crippen LogP contribution >= 0.6 is 0 Å². The van der Waals surface area contributed by atoms with Gasteiger partial charge in [0, 0.05) is 24.7 Å². The molecule has 0 bridgehead atoms. The first-order chi connectivity index (χ1) is 8.69. The lowest BCUT2D eigenvalue weighted by atomic mass is 10.2. The van der Waals surface area contributed by atoms with Gasteiger partial charge >= 0.3 is 6.03 Å². The number of aromatic nitrogens is 2. The van der Waals surface area contributed by atoms with Gasteiger partial charge in [0.25, 0.3) is 0 Å². The number of anilines is 1. The van der Waals surface area contributed by atoms with E-state index in [2.05, 4.69) is 20.8 Å². The number of hydrogen-bond donors (Lipinski definition) is 2. The number of rotatable bonds is 3.